The van der Waals surface area contributed by atoms with Crippen LogP contribution in [0.15, 0.2) is 0 Å². The van der Waals surface area contributed by atoms with Gasteiger partial charge in [-0.2, -0.15) is 0 Å². The summed E-state index contributed by atoms with van der Waals surface area (Å²) in [5, 5.41) is 0. The third kappa shape index (κ3) is 4.81. The van der Waals surface area contributed by atoms with Crippen LogP contribution >= 0.6 is 31.9 Å². The number of hydrogen-bond acceptors (Lipinski definition) is 0. The van der Waals surface area contributed by atoms with E-state index in [4.69, 9.17) is 0 Å². The van der Waals surface area contributed by atoms with E-state index in [1.54, 1.807) is 0 Å². The average Bonchev–Trinajstić information content (AvgIpc) is 2.93. The predicted molar refractivity (Wildman–Crippen MR) is 87.7 cm³/mol. The number of alkyl halides is 2. The van der Waals surface area contributed by atoms with Gasteiger partial charge in [0, 0.05) is 9.65 Å². The minimum absolute atomic E-state index is 0.819. The van der Waals surface area contributed by atoms with Gasteiger partial charge in [-0.1, -0.05) is 64.5 Å². The van der Waals surface area contributed by atoms with Gasteiger partial charge >= 0.3 is 0 Å². The maximum Gasteiger partial charge on any atom is 0.0148 e. The molecule has 0 radical (unpaired) electrons. The normalized spacial score (nSPS) is 38.2. The Morgan fingerprint density at radius 3 is 2.28 bits per heavy atom. The lowest BCUT2D eigenvalue weighted by Crippen LogP contribution is -2.08. The predicted octanol–water partition coefficient (Wildman–Crippen LogP) is 6.31. The summed E-state index contributed by atoms with van der Waals surface area (Å²) in [5.74, 6) is 3.00. The first-order valence-electron chi connectivity index (χ1n) is 7.93. The van der Waals surface area contributed by atoms with Gasteiger partial charge in [0.15, 0.2) is 0 Å². The number of unbranched alkanes of at least 4 members (excludes halogenated alkanes) is 1. The molecule has 0 N–H and O–H groups in total. The highest BCUT2D eigenvalue weighted by Crippen LogP contribution is 2.38. The minimum atomic E-state index is 0.819. The lowest BCUT2D eigenvalue weighted by molar-refractivity contribution is 0.329. The standard InChI is InChI=1S/C16H28Br2/c1-12(14-7-9-16(18)11-14)4-2-3-5-13-6-8-15(17)10-13/h12-16H,2-11H2,1H3. The summed E-state index contributed by atoms with van der Waals surface area (Å²) >= 11 is 7.53. The molecule has 0 aromatic rings. The molecule has 2 aliphatic carbocycles. The number of hydrogen-bond donors (Lipinski definition) is 0. The topological polar surface area (TPSA) is 0 Å². The van der Waals surface area contributed by atoms with E-state index in [-0.39, 0.29) is 0 Å². The summed E-state index contributed by atoms with van der Waals surface area (Å²) in [7, 11) is 0. The molecule has 5 unspecified atom stereocenters. The zero-order valence-electron chi connectivity index (χ0n) is 11.7. The third-order valence-electron chi connectivity index (χ3n) is 5.21. The van der Waals surface area contributed by atoms with E-state index < -0.39 is 0 Å². The highest BCUT2D eigenvalue weighted by atomic mass is 79.9. The van der Waals surface area contributed by atoms with Crippen molar-refractivity contribution in [1.82, 2.24) is 0 Å². The largest absolute Gasteiger partial charge is 0.0891 e. The molecule has 2 fully saturated rings. The highest BCUT2D eigenvalue weighted by molar-refractivity contribution is 9.09. The van der Waals surface area contributed by atoms with Gasteiger partial charge in [0.25, 0.3) is 0 Å². The second kappa shape index (κ2) is 7.67. The summed E-state index contributed by atoms with van der Waals surface area (Å²) in [6.45, 7) is 2.49. The van der Waals surface area contributed by atoms with Crippen LogP contribution in [-0.2, 0) is 0 Å². The van der Waals surface area contributed by atoms with Gasteiger partial charge < -0.3 is 0 Å². The zero-order valence-corrected chi connectivity index (χ0v) is 14.9. The van der Waals surface area contributed by atoms with Crippen LogP contribution < -0.4 is 0 Å². The molecule has 0 spiro atoms. The molecule has 0 nitrogen and oxygen atoms in total. The van der Waals surface area contributed by atoms with Gasteiger partial charge in [-0.05, 0) is 56.3 Å². The minimum Gasteiger partial charge on any atom is -0.0891 e. The Morgan fingerprint density at radius 1 is 0.944 bits per heavy atom. The van der Waals surface area contributed by atoms with Gasteiger partial charge in [0.2, 0.25) is 0 Å². The van der Waals surface area contributed by atoms with Crippen LogP contribution in [0, 0.1) is 17.8 Å². The lowest BCUT2D eigenvalue weighted by atomic mass is 9.87. The molecule has 0 heterocycles. The summed E-state index contributed by atoms with van der Waals surface area (Å²) in [5.41, 5.74) is 0. The summed E-state index contributed by atoms with van der Waals surface area (Å²) in [6.07, 6.45) is 14.5. The molecule has 0 amide bonds. The maximum absolute atomic E-state index is 3.77. The Hall–Kier alpha value is 0.960. The van der Waals surface area contributed by atoms with Crippen LogP contribution in [0.3, 0.4) is 0 Å². The maximum atomic E-state index is 3.77. The van der Waals surface area contributed by atoms with Crippen molar-refractivity contribution in [2.24, 2.45) is 17.8 Å². The molecular formula is C16H28Br2. The Kier molecular flexibility index (Phi) is 6.54. The molecule has 0 aromatic carbocycles. The van der Waals surface area contributed by atoms with Gasteiger partial charge in [-0.3, -0.25) is 0 Å². The Labute approximate surface area is 130 Å². The van der Waals surface area contributed by atoms with Crippen molar-refractivity contribution in [1.29, 1.82) is 0 Å². The molecular weight excluding hydrogens is 352 g/mol. The van der Waals surface area contributed by atoms with Crippen molar-refractivity contribution in [2.75, 3.05) is 0 Å². The summed E-state index contributed by atoms with van der Waals surface area (Å²) in [6, 6.07) is 0. The fourth-order valence-electron chi connectivity index (χ4n) is 3.89. The van der Waals surface area contributed by atoms with Crippen molar-refractivity contribution >= 4 is 31.9 Å². The molecule has 0 aromatic heterocycles. The van der Waals surface area contributed by atoms with Crippen LogP contribution in [0.25, 0.3) is 0 Å². The fraction of sp³-hybridized carbons (Fsp3) is 1.00. The number of rotatable bonds is 6. The van der Waals surface area contributed by atoms with E-state index in [0.29, 0.717) is 0 Å². The SMILES string of the molecule is CC(CCCCC1CCC(Br)C1)C1CCC(Br)C1. The van der Waals surface area contributed by atoms with E-state index >= 15 is 0 Å². The van der Waals surface area contributed by atoms with Crippen molar-refractivity contribution in [3.05, 3.63) is 0 Å². The number of halogens is 2. The molecule has 0 bridgehead atoms. The van der Waals surface area contributed by atoms with Crippen LogP contribution in [0.2, 0.25) is 0 Å². The van der Waals surface area contributed by atoms with Crippen LogP contribution in [-0.4, -0.2) is 9.65 Å². The first-order chi connectivity index (χ1) is 8.65. The van der Waals surface area contributed by atoms with Crippen molar-refractivity contribution in [3.8, 4) is 0 Å². The second-order valence-corrected chi connectivity index (χ2v) is 9.30. The third-order valence-corrected chi connectivity index (χ3v) is 6.88. The molecule has 2 saturated carbocycles. The van der Waals surface area contributed by atoms with Crippen molar-refractivity contribution < 1.29 is 0 Å². The highest BCUT2D eigenvalue weighted by Gasteiger charge is 2.27. The Morgan fingerprint density at radius 2 is 1.67 bits per heavy atom. The first-order valence-corrected chi connectivity index (χ1v) is 9.76. The molecule has 2 rings (SSSR count). The van der Waals surface area contributed by atoms with Gasteiger partial charge in [-0.25, -0.2) is 0 Å². The van der Waals surface area contributed by atoms with E-state index in [0.717, 1.165) is 27.4 Å². The molecule has 18 heavy (non-hydrogen) atoms. The molecule has 5 atom stereocenters. The first kappa shape index (κ1) is 15.4. The Balaban J connectivity index is 1.52. The van der Waals surface area contributed by atoms with Gasteiger partial charge in [0.1, 0.15) is 0 Å². The van der Waals surface area contributed by atoms with Crippen LogP contribution in [0.4, 0.5) is 0 Å². The quantitative estimate of drug-likeness (QED) is 0.374. The van der Waals surface area contributed by atoms with Crippen molar-refractivity contribution in [2.45, 2.75) is 80.8 Å². The van der Waals surface area contributed by atoms with Gasteiger partial charge in [-0.15, -0.1) is 0 Å². The summed E-state index contributed by atoms with van der Waals surface area (Å²) < 4.78 is 0. The lowest BCUT2D eigenvalue weighted by Gasteiger charge is -2.19. The molecule has 2 aliphatic rings. The zero-order chi connectivity index (χ0) is 13.0. The van der Waals surface area contributed by atoms with Crippen molar-refractivity contribution in [3.63, 3.8) is 0 Å². The Bertz CT molecular complexity index is 241. The van der Waals surface area contributed by atoms with E-state index in [1.165, 1.54) is 64.2 Å². The van der Waals surface area contributed by atoms with E-state index in [1.807, 2.05) is 0 Å². The van der Waals surface area contributed by atoms with Gasteiger partial charge in [0.05, 0.1) is 0 Å². The van der Waals surface area contributed by atoms with Crippen LogP contribution in [0.1, 0.15) is 71.1 Å². The second-order valence-electron chi connectivity index (χ2n) is 6.71. The average molecular weight is 380 g/mol. The smallest absolute Gasteiger partial charge is 0.0148 e. The van der Waals surface area contributed by atoms with E-state index in [9.17, 15) is 0 Å². The fourth-order valence-corrected chi connectivity index (χ4v) is 5.42. The molecule has 106 valence electrons. The van der Waals surface area contributed by atoms with E-state index in [2.05, 4.69) is 38.8 Å². The molecule has 2 heteroatoms. The van der Waals surface area contributed by atoms with Crippen LogP contribution in [0.5, 0.6) is 0 Å². The monoisotopic (exact) mass is 378 g/mol. The summed E-state index contributed by atoms with van der Waals surface area (Å²) in [4.78, 5) is 1.65. The molecule has 0 saturated heterocycles. The molecule has 0 aliphatic heterocycles.